The molecule has 8 heterocycles. The lowest BCUT2D eigenvalue weighted by atomic mass is 10.0. The van der Waals surface area contributed by atoms with E-state index in [1.54, 1.807) is 0 Å². The molecule has 0 atom stereocenters. The first-order valence-electron chi connectivity index (χ1n) is 46.5. The van der Waals surface area contributed by atoms with E-state index in [0.717, 1.165) is 67.2 Å². The predicted octanol–water partition coefficient (Wildman–Crippen LogP) is 26.3. The zero-order valence-corrected chi connectivity index (χ0v) is 74.9. The Morgan fingerprint density at radius 2 is 0.336 bits per heavy atom. The molecule has 8 heteroatoms. The summed E-state index contributed by atoms with van der Waals surface area (Å²) in [5.74, 6) is 0. The van der Waals surface area contributed by atoms with Crippen LogP contribution in [0.15, 0.2) is 485 Å². The molecule has 622 valence electrons. The van der Waals surface area contributed by atoms with E-state index in [-0.39, 0.29) is 0 Å². The van der Waals surface area contributed by atoms with E-state index >= 15 is 0 Å². The van der Waals surface area contributed by atoms with E-state index < -0.39 is 16.1 Å². The van der Waals surface area contributed by atoms with E-state index in [1.165, 1.54) is 184 Å². The average Bonchev–Trinajstić information content (AvgIpc) is 1.54. The van der Waals surface area contributed by atoms with E-state index in [9.17, 15) is 0 Å². The number of hydrogen-bond acceptors (Lipinski definition) is 0. The van der Waals surface area contributed by atoms with Crippen LogP contribution in [0.3, 0.4) is 0 Å². The van der Waals surface area contributed by atoms with Crippen molar-refractivity contribution in [2.45, 2.75) is 0 Å². The largest absolute Gasteiger partial charge is 0.309 e. The van der Waals surface area contributed by atoms with Crippen molar-refractivity contribution in [3.63, 3.8) is 0 Å². The molecule has 27 aromatic rings. The normalized spacial score (nSPS) is 13.2. The number of rotatable bonds is 12. The van der Waals surface area contributed by atoms with Crippen LogP contribution in [0.5, 0.6) is 0 Å². The van der Waals surface area contributed by atoms with Crippen molar-refractivity contribution in [3.8, 4) is 78.6 Å². The Morgan fingerprint density at radius 1 is 0.119 bits per heavy atom. The molecule has 2 aliphatic heterocycles. The molecular formula is C126H80N6Si2. The zero-order valence-electron chi connectivity index (χ0n) is 72.9. The molecule has 6 aromatic heterocycles. The van der Waals surface area contributed by atoms with Gasteiger partial charge >= 0.3 is 0 Å². The summed E-state index contributed by atoms with van der Waals surface area (Å²) in [5, 5.41) is 25.8. The van der Waals surface area contributed by atoms with Gasteiger partial charge in [-0.3, -0.25) is 0 Å². The van der Waals surface area contributed by atoms with Gasteiger partial charge in [0.15, 0.2) is 16.1 Å². The molecule has 0 aliphatic carbocycles. The predicted molar refractivity (Wildman–Crippen MR) is 569 cm³/mol. The topological polar surface area (TPSA) is 29.6 Å². The zero-order chi connectivity index (χ0) is 87.6. The molecule has 0 unspecified atom stereocenters. The van der Waals surface area contributed by atoms with Crippen molar-refractivity contribution < 1.29 is 0 Å². The third-order valence-electron chi connectivity index (χ3n) is 30.0. The van der Waals surface area contributed by atoms with Crippen LogP contribution >= 0.6 is 0 Å². The van der Waals surface area contributed by atoms with Gasteiger partial charge in [0.1, 0.15) is 0 Å². The van der Waals surface area contributed by atoms with E-state index in [2.05, 4.69) is 513 Å². The second-order valence-corrected chi connectivity index (χ2v) is 43.9. The van der Waals surface area contributed by atoms with Crippen LogP contribution in [0, 0.1) is 0 Å². The third-order valence-corrected chi connectivity index (χ3v) is 39.7. The molecule has 0 N–H and O–H groups in total. The van der Waals surface area contributed by atoms with Crippen LogP contribution < -0.4 is 41.5 Å². The SMILES string of the molecule is c1ccc(-n2c3ccccc3c3cc(-c4ccc5c(c4)c4cc(-n6c7ccccc7c7cc(-c8cccc([Si]9(c%10ccc(-n%11c%12ccc(-n%13c%14ccccc%14c%14ccccc%14%13)cc%12c%12cc(-n%13c%14ccccc%14c%14ccccc%14%13)ccc%12%11)cc%10)c%10ccccc%10-c%10ccccc%109)c8)ccc76)ccc4n5-c4ccc([Si]5(c6ccccc6)c6ccccc6-c6ccccc65)cc4)ccc32)cc1. The van der Waals surface area contributed by atoms with Crippen LogP contribution in [0.1, 0.15) is 0 Å². The fourth-order valence-corrected chi connectivity index (χ4v) is 34.7. The molecule has 0 spiro atoms. The van der Waals surface area contributed by atoms with Gasteiger partial charge in [-0.2, -0.15) is 0 Å². The Labute approximate surface area is 774 Å². The van der Waals surface area contributed by atoms with Gasteiger partial charge in [0.25, 0.3) is 0 Å². The van der Waals surface area contributed by atoms with Gasteiger partial charge in [0.2, 0.25) is 0 Å². The number of benzene rings is 21. The first-order valence-corrected chi connectivity index (χ1v) is 50.5. The fourth-order valence-electron chi connectivity index (χ4n) is 24.4. The first-order chi connectivity index (χ1) is 66.5. The number of hydrogen-bond donors (Lipinski definition) is 0. The van der Waals surface area contributed by atoms with Crippen LogP contribution in [0.25, 0.3) is 209 Å². The fraction of sp³-hybridized carbons (Fsp3) is 0. The molecule has 0 amide bonds. The van der Waals surface area contributed by atoms with Crippen LogP contribution in [-0.2, 0) is 0 Å². The highest BCUT2D eigenvalue weighted by Gasteiger charge is 2.50. The lowest BCUT2D eigenvalue weighted by Gasteiger charge is -2.32. The van der Waals surface area contributed by atoms with Crippen molar-refractivity contribution in [1.82, 2.24) is 27.4 Å². The van der Waals surface area contributed by atoms with Gasteiger partial charge < -0.3 is 27.4 Å². The summed E-state index contributed by atoms with van der Waals surface area (Å²) < 4.78 is 14.9. The molecule has 29 rings (SSSR count). The van der Waals surface area contributed by atoms with Crippen molar-refractivity contribution in [2.75, 3.05) is 0 Å². The minimum Gasteiger partial charge on any atom is -0.309 e. The molecule has 6 nitrogen and oxygen atoms in total. The summed E-state index contributed by atoms with van der Waals surface area (Å²) in [6.45, 7) is 0. The van der Waals surface area contributed by atoms with Gasteiger partial charge in [0, 0.05) is 98.8 Å². The van der Waals surface area contributed by atoms with E-state index in [0.29, 0.717) is 0 Å². The van der Waals surface area contributed by atoms with Crippen LogP contribution in [0.2, 0.25) is 0 Å². The monoisotopic (exact) mass is 1730 g/mol. The molecule has 21 aromatic carbocycles. The highest BCUT2D eigenvalue weighted by Crippen LogP contribution is 2.46. The highest BCUT2D eigenvalue weighted by atomic mass is 28.3. The summed E-state index contributed by atoms with van der Waals surface area (Å²) in [4.78, 5) is 0. The molecule has 0 radical (unpaired) electrons. The van der Waals surface area contributed by atoms with Crippen LogP contribution in [-0.4, -0.2) is 43.6 Å². The Morgan fingerprint density at radius 3 is 0.679 bits per heavy atom. The van der Waals surface area contributed by atoms with Crippen LogP contribution in [0.4, 0.5) is 0 Å². The Hall–Kier alpha value is -17.1. The molecular weight excluding hydrogens is 1650 g/mol. The number of fused-ring (bicyclic) bond motifs is 24. The molecule has 0 saturated carbocycles. The summed E-state index contributed by atoms with van der Waals surface area (Å²) in [6.07, 6.45) is 0. The minimum atomic E-state index is -3.09. The summed E-state index contributed by atoms with van der Waals surface area (Å²) in [7, 11) is -5.85. The summed E-state index contributed by atoms with van der Waals surface area (Å²) in [6, 6.07) is 184. The standard InChI is InChI=1S/C126H80N6Si2/c1-3-29-85(30-4-1)127-115-48-21-11-38-99(115)105-76-83(55-68-117(105)127)84-56-70-119-107(77-84)108-78-90(63-71-120(108)128(119)86-57-64-92(65-58-86)133(91-31-5-2-6-32-91)123-50-23-13-40-101(123)102-41-14-24-51-124(102)133)132-116-49-22-12-39-100(116)106-75-82(54-69-118(106)132)81-28-27-33-94(74-81)134(125-52-25-15-42-103(125)104-43-16-26-53-126(104)134)93-66-59-87(60-67-93)129-121-72-61-88(130-111-44-17-7-34-95(111)96-35-8-18-45-112(96)130)79-109(121)110-80-89(62-73-122(110)129)131-113-46-19-9-36-97(113)98-37-10-20-47-114(98)131/h1-80H. The Kier molecular flexibility index (Phi) is 16.0. The lowest BCUT2D eigenvalue weighted by molar-refractivity contribution is 1.16. The molecule has 0 bridgehead atoms. The summed E-state index contributed by atoms with van der Waals surface area (Å²) in [5.41, 5.74) is 30.8. The molecule has 0 fully saturated rings. The van der Waals surface area contributed by atoms with Crippen molar-refractivity contribution in [3.05, 3.63) is 485 Å². The van der Waals surface area contributed by atoms with E-state index in [1.807, 2.05) is 0 Å². The third kappa shape index (κ3) is 10.5. The lowest BCUT2D eigenvalue weighted by Crippen LogP contribution is -2.72. The second-order valence-electron chi connectivity index (χ2n) is 36.5. The Bertz CT molecular complexity index is 9290. The molecule has 0 saturated heterocycles. The van der Waals surface area contributed by atoms with Gasteiger partial charge in [0.05, 0.1) is 66.2 Å². The average molecular weight is 1730 g/mol. The number of nitrogens with zero attached hydrogens (tertiary/aromatic N) is 6. The maximum atomic E-state index is 2.55. The quantitative estimate of drug-likeness (QED) is 0.109. The van der Waals surface area contributed by atoms with Gasteiger partial charge in [-0.1, -0.05) is 322 Å². The maximum absolute atomic E-state index is 3.09. The molecule has 2 aliphatic rings. The highest BCUT2D eigenvalue weighted by molar-refractivity contribution is 7.23. The first kappa shape index (κ1) is 74.7. The number of aromatic nitrogens is 6. The Balaban J connectivity index is 0.575. The molecule has 134 heavy (non-hydrogen) atoms. The summed E-state index contributed by atoms with van der Waals surface area (Å²) >= 11 is 0. The van der Waals surface area contributed by atoms with E-state index in [4.69, 9.17) is 0 Å². The van der Waals surface area contributed by atoms with Gasteiger partial charge in [-0.15, -0.1) is 0 Å². The smallest absolute Gasteiger partial charge is 0.180 e. The van der Waals surface area contributed by atoms with Crippen molar-refractivity contribution in [2.24, 2.45) is 0 Å². The van der Waals surface area contributed by atoms with Crippen molar-refractivity contribution in [1.29, 1.82) is 0 Å². The second kappa shape index (κ2) is 28.7. The maximum Gasteiger partial charge on any atom is 0.180 e. The van der Waals surface area contributed by atoms with Crippen molar-refractivity contribution >= 4 is 188 Å². The number of para-hydroxylation sites is 7. The van der Waals surface area contributed by atoms with Gasteiger partial charge in [-0.05, 0) is 250 Å². The minimum absolute atomic E-state index is 1.10. The van der Waals surface area contributed by atoms with Gasteiger partial charge in [-0.25, -0.2) is 0 Å².